The SMILES string of the molecule is N#Cc1ccc(F)c(CS(=O)CCC(=O)O)c1. The van der Waals surface area contributed by atoms with Gasteiger partial charge in [-0.05, 0) is 18.2 Å². The van der Waals surface area contributed by atoms with E-state index in [9.17, 15) is 13.4 Å². The van der Waals surface area contributed by atoms with Gasteiger partial charge in [0.25, 0.3) is 0 Å². The third kappa shape index (κ3) is 4.33. The highest BCUT2D eigenvalue weighted by Gasteiger charge is 2.09. The molecule has 0 radical (unpaired) electrons. The van der Waals surface area contributed by atoms with E-state index >= 15 is 0 Å². The van der Waals surface area contributed by atoms with Gasteiger partial charge in [0.05, 0.1) is 23.8 Å². The van der Waals surface area contributed by atoms with Crippen molar-refractivity contribution in [2.24, 2.45) is 0 Å². The Bertz CT molecular complexity index is 496. The van der Waals surface area contributed by atoms with E-state index in [0.717, 1.165) is 6.07 Å². The number of benzene rings is 1. The second kappa shape index (κ2) is 6.11. The van der Waals surface area contributed by atoms with Crippen molar-refractivity contribution in [1.29, 1.82) is 5.26 Å². The number of halogens is 1. The van der Waals surface area contributed by atoms with Crippen molar-refractivity contribution < 1.29 is 18.5 Å². The lowest BCUT2D eigenvalue weighted by Gasteiger charge is -2.03. The molecule has 1 atom stereocenters. The molecule has 4 nitrogen and oxygen atoms in total. The first-order chi connectivity index (χ1) is 8.02. The molecule has 0 bridgehead atoms. The number of carbonyl (C=O) groups is 1. The molecule has 0 amide bonds. The van der Waals surface area contributed by atoms with Gasteiger partial charge < -0.3 is 5.11 Å². The van der Waals surface area contributed by atoms with Crippen LogP contribution in [0.3, 0.4) is 0 Å². The lowest BCUT2D eigenvalue weighted by Crippen LogP contribution is -2.07. The van der Waals surface area contributed by atoms with Crippen molar-refractivity contribution in [3.8, 4) is 6.07 Å². The Morgan fingerprint density at radius 1 is 1.53 bits per heavy atom. The van der Waals surface area contributed by atoms with Crippen LogP contribution in [0.5, 0.6) is 0 Å². The molecule has 0 saturated heterocycles. The summed E-state index contributed by atoms with van der Waals surface area (Å²) in [6, 6.07) is 5.66. The highest BCUT2D eigenvalue weighted by Crippen LogP contribution is 2.12. The minimum absolute atomic E-state index is 0.0223. The van der Waals surface area contributed by atoms with E-state index in [-0.39, 0.29) is 29.1 Å². The number of aliphatic carboxylic acids is 1. The van der Waals surface area contributed by atoms with Crippen LogP contribution >= 0.6 is 0 Å². The smallest absolute Gasteiger partial charge is 0.304 e. The number of carboxylic acids is 1. The number of nitrogens with zero attached hydrogens (tertiary/aromatic N) is 1. The van der Waals surface area contributed by atoms with Crippen LogP contribution in [0.15, 0.2) is 18.2 Å². The molecular weight excluding hydrogens is 245 g/mol. The van der Waals surface area contributed by atoms with Gasteiger partial charge in [0, 0.05) is 22.1 Å². The fourth-order valence-electron chi connectivity index (χ4n) is 1.20. The van der Waals surface area contributed by atoms with Crippen LogP contribution in [0.4, 0.5) is 4.39 Å². The Balaban J connectivity index is 2.71. The van der Waals surface area contributed by atoms with Crippen LogP contribution in [0.25, 0.3) is 0 Å². The highest BCUT2D eigenvalue weighted by atomic mass is 32.2. The summed E-state index contributed by atoms with van der Waals surface area (Å²) in [5.74, 6) is -1.67. The topological polar surface area (TPSA) is 78.2 Å². The average molecular weight is 255 g/mol. The lowest BCUT2D eigenvalue weighted by molar-refractivity contribution is -0.136. The molecule has 0 saturated carbocycles. The van der Waals surface area contributed by atoms with Gasteiger partial charge in [0.1, 0.15) is 5.82 Å². The summed E-state index contributed by atoms with van der Waals surface area (Å²) in [7, 11) is -1.44. The minimum Gasteiger partial charge on any atom is -0.481 e. The van der Waals surface area contributed by atoms with Crippen LogP contribution < -0.4 is 0 Å². The molecule has 1 rings (SSSR count). The molecule has 17 heavy (non-hydrogen) atoms. The Morgan fingerprint density at radius 3 is 2.82 bits per heavy atom. The highest BCUT2D eigenvalue weighted by molar-refractivity contribution is 7.84. The molecule has 1 aromatic carbocycles. The van der Waals surface area contributed by atoms with Crippen LogP contribution in [0, 0.1) is 17.1 Å². The number of hydrogen-bond donors (Lipinski definition) is 1. The summed E-state index contributed by atoms with van der Waals surface area (Å²) in [4.78, 5) is 10.3. The predicted octanol–water partition coefficient (Wildman–Crippen LogP) is 1.42. The van der Waals surface area contributed by atoms with Gasteiger partial charge in [0.2, 0.25) is 0 Å². The quantitative estimate of drug-likeness (QED) is 0.863. The maximum Gasteiger partial charge on any atom is 0.304 e. The van der Waals surface area contributed by atoms with Gasteiger partial charge >= 0.3 is 5.97 Å². The van der Waals surface area contributed by atoms with E-state index in [1.165, 1.54) is 12.1 Å². The standard InChI is InChI=1S/C11H10FNO3S/c12-10-2-1-8(6-13)5-9(10)7-17(16)4-3-11(14)15/h1-2,5H,3-4,7H2,(H,14,15). The van der Waals surface area contributed by atoms with Crippen molar-refractivity contribution in [2.75, 3.05) is 5.75 Å². The van der Waals surface area contributed by atoms with Crippen LogP contribution in [0.2, 0.25) is 0 Å². The lowest BCUT2D eigenvalue weighted by atomic mass is 10.1. The van der Waals surface area contributed by atoms with E-state index < -0.39 is 22.6 Å². The van der Waals surface area contributed by atoms with E-state index in [4.69, 9.17) is 10.4 Å². The predicted molar refractivity (Wildman–Crippen MR) is 60.1 cm³/mol. The number of carboxylic acid groups (broad SMARTS) is 1. The van der Waals surface area contributed by atoms with E-state index in [2.05, 4.69) is 0 Å². The minimum atomic E-state index is -1.44. The first kappa shape index (κ1) is 13.3. The maximum absolute atomic E-state index is 13.3. The summed E-state index contributed by atoms with van der Waals surface area (Å²) in [5.41, 5.74) is 0.462. The maximum atomic E-state index is 13.3. The molecule has 1 unspecified atom stereocenters. The largest absolute Gasteiger partial charge is 0.481 e. The molecular formula is C11H10FNO3S. The first-order valence-electron chi connectivity index (χ1n) is 4.78. The van der Waals surface area contributed by atoms with Crippen LogP contribution in [0.1, 0.15) is 17.5 Å². The molecule has 0 aliphatic carbocycles. The average Bonchev–Trinajstić information content (AvgIpc) is 2.29. The van der Waals surface area contributed by atoms with Crippen molar-refractivity contribution in [3.05, 3.63) is 35.1 Å². The summed E-state index contributed by atoms with van der Waals surface area (Å²) < 4.78 is 24.8. The normalized spacial score (nSPS) is 11.8. The van der Waals surface area contributed by atoms with Crippen molar-refractivity contribution in [3.63, 3.8) is 0 Å². The van der Waals surface area contributed by atoms with Crippen LogP contribution in [-0.4, -0.2) is 21.0 Å². The van der Waals surface area contributed by atoms with E-state index in [1.54, 1.807) is 0 Å². The molecule has 90 valence electrons. The first-order valence-corrected chi connectivity index (χ1v) is 6.27. The van der Waals surface area contributed by atoms with E-state index in [1.807, 2.05) is 6.07 Å². The second-order valence-electron chi connectivity index (χ2n) is 3.35. The van der Waals surface area contributed by atoms with Gasteiger partial charge in [-0.2, -0.15) is 5.26 Å². The third-order valence-electron chi connectivity index (χ3n) is 2.03. The molecule has 1 N–H and O–H groups in total. The number of hydrogen-bond acceptors (Lipinski definition) is 3. The Hall–Kier alpha value is -1.74. The Morgan fingerprint density at radius 2 is 2.24 bits per heavy atom. The van der Waals surface area contributed by atoms with Crippen LogP contribution in [-0.2, 0) is 21.3 Å². The zero-order chi connectivity index (χ0) is 12.8. The Labute approximate surface area is 100 Å². The molecule has 0 aliphatic rings. The fourth-order valence-corrected chi connectivity index (χ4v) is 2.32. The van der Waals surface area contributed by atoms with Gasteiger partial charge in [-0.15, -0.1) is 0 Å². The third-order valence-corrected chi connectivity index (χ3v) is 3.33. The zero-order valence-corrected chi connectivity index (χ0v) is 9.67. The number of nitriles is 1. The molecule has 6 heteroatoms. The molecule has 1 aromatic rings. The number of rotatable bonds is 5. The fraction of sp³-hybridized carbons (Fsp3) is 0.273. The second-order valence-corrected chi connectivity index (χ2v) is 4.93. The van der Waals surface area contributed by atoms with Crippen molar-refractivity contribution >= 4 is 16.8 Å². The summed E-state index contributed by atoms with van der Waals surface area (Å²) in [5, 5.41) is 17.1. The molecule has 0 aliphatic heterocycles. The molecule has 0 fully saturated rings. The summed E-state index contributed by atoms with van der Waals surface area (Å²) in [6.45, 7) is 0. The monoisotopic (exact) mass is 255 g/mol. The van der Waals surface area contributed by atoms with E-state index in [0.29, 0.717) is 0 Å². The van der Waals surface area contributed by atoms with Gasteiger partial charge in [-0.3, -0.25) is 9.00 Å². The molecule has 0 spiro atoms. The van der Waals surface area contributed by atoms with Gasteiger partial charge in [-0.1, -0.05) is 0 Å². The Kier molecular flexibility index (Phi) is 4.79. The van der Waals surface area contributed by atoms with Crippen molar-refractivity contribution in [1.82, 2.24) is 0 Å². The van der Waals surface area contributed by atoms with Gasteiger partial charge in [0.15, 0.2) is 0 Å². The summed E-state index contributed by atoms with van der Waals surface area (Å²) >= 11 is 0. The van der Waals surface area contributed by atoms with Crippen molar-refractivity contribution in [2.45, 2.75) is 12.2 Å². The summed E-state index contributed by atoms with van der Waals surface area (Å²) in [6.07, 6.45) is -0.216. The molecule has 0 heterocycles. The zero-order valence-electron chi connectivity index (χ0n) is 8.85. The van der Waals surface area contributed by atoms with Gasteiger partial charge in [-0.25, -0.2) is 4.39 Å². The molecule has 0 aromatic heterocycles.